The number of nitrogens with one attached hydrogen (secondary N) is 1. The molecule has 1 aliphatic rings. The molecule has 0 fully saturated rings. The van der Waals surface area contributed by atoms with Crippen molar-refractivity contribution < 1.29 is 9.51 Å². The first kappa shape index (κ1) is 6.71. The van der Waals surface area contributed by atoms with Gasteiger partial charge in [0.15, 0.2) is 0 Å². The zero-order chi connectivity index (χ0) is 8.84. The highest BCUT2D eigenvalue weighted by Crippen LogP contribution is 2.24. The lowest BCUT2D eigenvalue weighted by atomic mass is 10.2. The highest BCUT2D eigenvalue weighted by Gasteiger charge is 2.24. The van der Waals surface area contributed by atoms with Crippen LogP contribution in [0.3, 0.4) is 0 Å². The zero-order valence-electron chi connectivity index (χ0n) is 7.24. The van der Waals surface area contributed by atoms with Gasteiger partial charge in [-0.05, 0) is 28.5 Å². The van der Waals surface area contributed by atoms with E-state index in [1.54, 1.807) is 0 Å². The smallest absolute Gasteiger partial charge is 0.291 e. The van der Waals surface area contributed by atoms with Crippen LogP contribution in [0.5, 0.6) is 5.75 Å². The second-order valence-electron chi connectivity index (χ2n) is 3.20. The molecule has 3 heteroatoms. The Kier molecular flexibility index (Phi) is 1.10. The number of pyridine rings is 1. The minimum atomic E-state index is 0.890. The quantitative estimate of drug-likeness (QED) is 0.607. The van der Waals surface area contributed by atoms with E-state index in [-0.39, 0.29) is 0 Å². The summed E-state index contributed by atoms with van der Waals surface area (Å²) in [5.41, 5.74) is 5.11. The monoisotopic (exact) mass is 173 g/mol. The van der Waals surface area contributed by atoms with E-state index < -0.39 is 0 Å². The molecule has 0 spiro atoms. The fraction of sp³-hybridized carbons (Fsp3) is 0.100. The van der Waals surface area contributed by atoms with Crippen LogP contribution in [-0.2, 0) is 0 Å². The van der Waals surface area contributed by atoms with Crippen LogP contribution < -0.4 is 15.1 Å². The number of nitrogens with zero attached hydrogens (tertiary/aromatic N) is 1. The maximum atomic E-state index is 5.31. The van der Waals surface area contributed by atoms with Gasteiger partial charge in [-0.15, -0.1) is 0 Å². The predicted molar refractivity (Wildman–Crippen MR) is 48.9 cm³/mol. The molecule has 0 atom stereocenters. The summed E-state index contributed by atoms with van der Waals surface area (Å²) in [5, 5.41) is 1.19. The molecule has 0 amide bonds. The fourth-order valence-electron chi connectivity index (χ4n) is 1.67. The Hall–Kier alpha value is -1.77. The van der Waals surface area contributed by atoms with Crippen molar-refractivity contribution in [2.75, 3.05) is 5.59 Å². The van der Waals surface area contributed by atoms with Gasteiger partial charge in [-0.1, -0.05) is 6.07 Å². The van der Waals surface area contributed by atoms with Crippen molar-refractivity contribution in [1.29, 1.82) is 0 Å². The van der Waals surface area contributed by atoms with Crippen molar-refractivity contribution >= 4 is 10.9 Å². The maximum absolute atomic E-state index is 5.31. The largest absolute Gasteiger partial charge is 0.327 e. The molecule has 1 aliphatic heterocycles. The Bertz CT molecular complexity index is 493. The molecule has 0 saturated heterocycles. The predicted octanol–water partition coefficient (Wildman–Crippen LogP) is 1.29. The van der Waals surface area contributed by atoms with Gasteiger partial charge in [0.2, 0.25) is 11.4 Å². The fourth-order valence-corrected chi connectivity index (χ4v) is 1.67. The summed E-state index contributed by atoms with van der Waals surface area (Å²) in [4.78, 5) is 5.31. The lowest BCUT2D eigenvalue weighted by molar-refractivity contribution is -0.643. The minimum absolute atomic E-state index is 0.890. The van der Waals surface area contributed by atoms with Crippen LogP contribution in [0.2, 0.25) is 0 Å². The Labute approximate surface area is 75.5 Å². The van der Waals surface area contributed by atoms with Crippen LogP contribution in [-0.4, -0.2) is 0 Å². The van der Waals surface area contributed by atoms with Crippen molar-refractivity contribution in [2.24, 2.45) is 0 Å². The first-order chi connectivity index (χ1) is 6.36. The second-order valence-corrected chi connectivity index (χ2v) is 3.20. The van der Waals surface area contributed by atoms with E-state index in [0.717, 1.165) is 17.0 Å². The van der Waals surface area contributed by atoms with Gasteiger partial charge in [-0.25, -0.2) is 0 Å². The van der Waals surface area contributed by atoms with Crippen molar-refractivity contribution in [3.8, 4) is 5.75 Å². The third-order valence-corrected chi connectivity index (χ3v) is 2.36. The molecule has 3 nitrogen and oxygen atoms in total. The third kappa shape index (κ3) is 0.758. The van der Waals surface area contributed by atoms with Gasteiger partial charge in [-0.2, -0.15) is 0 Å². The van der Waals surface area contributed by atoms with Crippen LogP contribution in [0.1, 0.15) is 5.69 Å². The molecule has 1 aromatic heterocycles. The van der Waals surface area contributed by atoms with Gasteiger partial charge >= 0.3 is 0 Å². The molecule has 1 N–H and O–H groups in total. The van der Waals surface area contributed by atoms with Crippen LogP contribution in [0, 0.1) is 6.92 Å². The molecule has 0 saturated carbocycles. The maximum Gasteiger partial charge on any atom is 0.291 e. The Morgan fingerprint density at radius 2 is 2.15 bits per heavy atom. The number of hydrogen-bond acceptors (Lipinski definition) is 2. The number of hydrogen-bond donors (Lipinski definition) is 1. The van der Waals surface area contributed by atoms with Crippen molar-refractivity contribution in [3.05, 3.63) is 36.0 Å². The Morgan fingerprint density at radius 1 is 1.23 bits per heavy atom. The van der Waals surface area contributed by atoms with E-state index in [0.29, 0.717) is 0 Å². The highest BCUT2D eigenvalue weighted by atomic mass is 16.7. The molecule has 3 rings (SSSR count). The molecular formula is C10H9N2O+. The van der Waals surface area contributed by atoms with Crippen LogP contribution in [0.25, 0.3) is 10.9 Å². The SMILES string of the molecule is Cc1ccc2cccc3c2[n+]1NO3. The zero-order valence-corrected chi connectivity index (χ0v) is 7.24. The first-order valence-electron chi connectivity index (χ1n) is 4.23. The van der Waals surface area contributed by atoms with Gasteiger partial charge in [0.25, 0.3) is 5.52 Å². The normalized spacial score (nSPS) is 12.7. The number of rotatable bonds is 0. The van der Waals surface area contributed by atoms with E-state index in [9.17, 15) is 0 Å². The summed E-state index contributed by atoms with van der Waals surface area (Å²) in [7, 11) is 0. The topological polar surface area (TPSA) is 25.1 Å². The lowest BCUT2D eigenvalue weighted by Gasteiger charge is -1.92. The first-order valence-corrected chi connectivity index (χ1v) is 4.23. The molecule has 2 aromatic rings. The highest BCUT2D eigenvalue weighted by molar-refractivity contribution is 5.82. The van der Waals surface area contributed by atoms with Gasteiger partial charge in [0.05, 0.1) is 5.39 Å². The summed E-state index contributed by atoms with van der Waals surface area (Å²) in [6, 6.07) is 10.2. The standard InChI is InChI=1S/C10H9N2O/c1-7-5-6-8-3-2-4-9-10(8)12(7)11-13-9/h2-6,11H,1H3/q+1. The molecule has 13 heavy (non-hydrogen) atoms. The van der Waals surface area contributed by atoms with Crippen molar-refractivity contribution in [3.63, 3.8) is 0 Å². The summed E-state index contributed by atoms with van der Waals surface area (Å²) in [6.07, 6.45) is 0. The molecule has 0 radical (unpaired) electrons. The molecule has 1 aromatic carbocycles. The lowest BCUT2D eigenvalue weighted by Crippen LogP contribution is -2.45. The van der Waals surface area contributed by atoms with Gasteiger partial charge in [0.1, 0.15) is 0 Å². The van der Waals surface area contributed by atoms with Gasteiger partial charge < -0.3 is 4.84 Å². The molecule has 0 bridgehead atoms. The van der Waals surface area contributed by atoms with E-state index in [1.807, 2.05) is 23.7 Å². The average molecular weight is 173 g/mol. The number of aryl methyl sites for hydroxylation is 1. The van der Waals surface area contributed by atoms with Gasteiger partial charge in [-0.3, -0.25) is 0 Å². The molecule has 0 aliphatic carbocycles. The summed E-state index contributed by atoms with van der Waals surface area (Å²) >= 11 is 0. The summed E-state index contributed by atoms with van der Waals surface area (Å²) < 4.78 is 1.95. The van der Waals surface area contributed by atoms with Crippen molar-refractivity contribution in [1.82, 2.24) is 0 Å². The van der Waals surface area contributed by atoms with Crippen molar-refractivity contribution in [2.45, 2.75) is 6.92 Å². The number of aromatic nitrogens is 1. The molecular weight excluding hydrogens is 164 g/mol. The third-order valence-electron chi connectivity index (χ3n) is 2.36. The van der Waals surface area contributed by atoms with Gasteiger partial charge in [0, 0.05) is 13.0 Å². The van der Waals surface area contributed by atoms with E-state index in [1.165, 1.54) is 5.39 Å². The van der Waals surface area contributed by atoms with E-state index in [4.69, 9.17) is 4.84 Å². The number of benzene rings is 1. The molecule has 2 heterocycles. The van der Waals surface area contributed by atoms with E-state index in [2.05, 4.69) is 23.8 Å². The second kappa shape index (κ2) is 2.13. The number of para-hydroxylation sites is 1. The Morgan fingerprint density at radius 3 is 3.08 bits per heavy atom. The Balaban J connectivity index is 2.56. The van der Waals surface area contributed by atoms with E-state index >= 15 is 0 Å². The molecule has 0 unspecified atom stereocenters. The summed E-state index contributed by atoms with van der Waals surface area (Å²) in [6.45, 7) is 2.04. The summed E-state index contributed by atoms with van der Waals surface area (Å²) in [5.74, 6) is 0.890. The minimum Gasteiger partial charge on any atom is -0.327 e. The average Bonchev–Trinajstić information content (AvgIpc) is 2.57. The van der Waals surface area contributed by atoms with Crippen LogP contribution in [0.4, 0.5) is 0 Å². The van der Waals surface area contributed by atoms with Crippen LogP contribution in [0.15, 0.2) is 30.3 Å². The molecule has 64 valence electrons. The van der Waals surface area contributed by atoms with Crippen LogP contribution >= 0.6 is 0 Å².